The van der Waals surface area contributed by atoms with Crippen molar-refractivity contribution in [2.24, 2.45) is 5.92 Å². The molecule has 1 amide bonds. The van der Waals surface area contributed by atoms with Crippen LogP contribution in [0.15, 0.2) is 22.7 Å². The number of benzene rings is 1. The molecule has 19 heavy (non-hydrogen) atoms. The Bertz CT molecular complexity index is 461. The van der Waals surface area contributed by atoms with Crippen LogP contribution in [-0.2, 0) is 0 Å². The Labute approximate surface area is 123 Å². The van der Waals surface area contributed by atoms with Gasteiger partial charge in [0.15, 0.2) is 0 Å². The van der Waals surface area contributed by atoms with Crippen molar-refractivity contribution >= 4 is 27.5 Å². The number of carbonyl (C=O) groups is 1. The molecule has 2 unspecified atom stereocenters. The SMILES string of the molecule is CC1CCCC(NC(=O)c2ccc(N)c(Br)c2)CC1. The molecule has 1 fully saturated rings. The van der Waals surface area contributed by atoms with Crippen molar-refractivity contribution in [3.05, 3.63) is 28.2 Å². The lowest BCUT2D eigenvalue weighted by Gasteiger charge is -2.16. The fourth-order valence-corrected chi connectivity index (χ4v) is 2.95. The molecule has 1 aliphatic rings. The average Bonchev–Trinajstić information content (AvgIpc) is 2.58. The van der Waals surface area contributed by atoms with Crippen LogP contribution in [0.3, 0.4) is 0 Å². The van der Waals surface area contributed by atoms with Crippen LogP contribution in [0.2, 0.25) is 0 Å². The van der Waals surface area contributed by atoms with E-state index < -0.39 is 0 Å². The molecule has 0 heterocycles. The normalized spacial score (nSPS) is 23.7. The Balaban J connectivity index is 1.98. The van der Waals surface area contributed by atoms with E-state index in [4.69, 9.17) is 5.73 Å². The highest BCUT2D eigenvalue weighted by Gasteiger charge is 2.18. The summed E-state index contributed by atoms with van der Waals surface area (Å²) in [5.74, 6) is 0.785. The van der Waals surface area contributed by atoms with Gasteiger partial charge in [0.2, 0.25) is 0 Å². The Morgan fingerprint density at radius 3 is 2.84 bits per heavy atom. The summed E-state index contributed by atoms with van der Waals surface area (Å²) in [4.78, 5) is 12.2. The van der Waals surface area contributed by atoms with Crippen molar-refractivity contribution in [1.29, 1.82) is 0 Å². The Kier molecular flexibility index (Phi) is 4.86. The lowest BCUT2D eigenvalue weighted by Crippen LogP contribution is -2.34. The molecule has 0 spiro atoms. The predicted octanol–water partition coefficient (Wildman–Crippen LogP) is 3.73. The zero-order valence-corrected chi connectivity index (χ0v) is 12.9. The molecule has 2 atom stereocenters. The largest absolute Gasteiger partial charge is 0.398 e. The molecular formula is C15H21BrN2O. The number of hydrogen-bond donors (Lipinski definition) is 2. The fraction of sp³-hybridized carbons (Fsp3) is 0.533. The highest BCUT2D eigenvalue weighted by atomic mass is 79.9. The van der Waals surface area contributed by atoms with Crippen molar-refractivity contribution < 1.29 is 4.79 Å². The third-order valence-corrected chi connectivity index (χ3v) is 4.54. The summed E-state index contributed by atoms with van der Waals surface area (Å²) in [6, 6.07) is 5.63. The summed E-state index contributed by atoms with van der Waals surface area (Å²) < 4.78 is 0.773. The van der Waals surface area contributed by atoms with Gasteiger partial charge in [0.25, 0.3) is 5.91 Å². The predicted molar refractivity (Wildman–Crippen MR) is 82.1 cm³/mol. The number of nitrogens with two attached hydrogens (primary N) is 1. The van der Waals surface area contributed by atoms with Gasteiger partial charge < -0.3 is 11.1 Å². The molecule has 0 saturated heterocycles. The van der Waals surface area contributed by atoms with E-state index in [1.165, 1.54) is 19.3 Å². The highest BCUT2D eigenvalue weighted by molar-refractivity contribution is 9.10. The highest BCUT2D eigenvalue weighted by Crippen LogP contribution is 2.24. The molecule has 104 valence electrons. The van der Waals surface area contributed by atoms with Gasteiger partial charge in [-0.1, -0.05) is 19.8 Å². The number of amides is 1. The summed E-state index contributed by atoms with van der Waals surface area (Å²) in [5.41, 5.74) is 7.05. The topological polar surface area (TPSA) is 55.1 Å². The molecule has 0 bridgehead atoms. The number of carbonyl (C=O) groups excluding carboxylic acids is 1. The molecule has 3 nitrogen and oxygen atoms in total. The standard InChI is InChI=1S/C15H21BrN2O/c1-10-3-2-4-12(7-5-10)18-15(19)11-6-8-14(17)13(16)9-11/h6,8-10,12H,2-5,7,17H2,1H3,(H,18,19). The smallest absolute Gasteiger partial charge is 0.251 e. The van der Waals surface area contributed by atoms with Gasteiger partial charge in [0.05, 0.1) is 0 Å². The Morgan fingerprint density at radius 1 is 1.32 bits per heavy atom. The number of anilines is 1. The molecule has 1 aliphatic carbocycles. The maximum Gasteiger partial charge on any atom is 0.251 e. The first-order valence-electron chi connectivity index (χ1n) is 6.92. The zero-order chi connectivity index (χ0) is 13.8. The van der Waals surface area contributed by atoms with E-state index in [0.29, 0.717) is 17.3 Å². The lowest BCUT2D eigenvalue weighted by atomic mass is 10.0. The van der Waals surface area contributed by atoms with Gasteiger partial charge in [-0.2, -0.15) is 0 Å². The Hall–Kier alpha value is -1.03. The maximum atomic E-state index is 12.2. The number of nitrogen functional groups attached to an aromatic ring is 1. The van der Waals surface area contributed by atoms with Crippen LogP contribution in [0.4, 0.5) is 5.69 Å². The average molecular weight is 325 g/mol. The lowest BCUT2D eigenvalue weighted by molar-refractivity contribution is 0.0933. The first-order valence-corrected chi connectivity index (χ1v) is 7.71. The minimum Gasteiger partial charge on any atom is -0.398 e. The van der Waals surface area contributed by atoms with Gasteiger partial charge in [-0.15, -0.1) is 0 Å². The van der Waals surface area contributed by atoms with Crippen molar-refractivity contribution in [2.45, 2.75) is 45.1 Å². The van der Waals surface area contributed by atoms with Gasteiger partial charge in [-0.25, -0.2) is 0 Å². The van der Waals surface area contributed by atoms with E-state index in [0.717, 1.165) is 23.2 Å². The Morgan fingerprint density at radius 2 is 2.11 bits per heavy atom. The zero-order valence-electron chi connectivity index (χ0n) is 11.3. The second-order valence-electron chi connectivity index (χ2n) is 5.52. The van der Waals surface area contributed by atoms with Crippen LogP contribution in [0, 0.1) is 5.92 Å². The summed E-state index contributed by atoms with van der Waals surface area (Å²) in [5, 5.41) is 3.14. The number of halogens is 1. The molecule has 1 saturated carbocycles. The molecule has 0 aromatic heterocycles. The van der Waals surface area contributed by atoms with E-state index in [9.17, 15) is 4.79 Å². The second kappa shape index (κ2) is 6.42. The van der Waals surface area contributed by atoms with E-state index in [1.807, 2.05) is 0 Å². The quantitative estimate of drug-likeness (QED) is 0.643. The molecule has 4 heteroatoms. The minimum atomic E-state index is 0.000234. The van der Waals surface area contributed by atoms with Crippen LogP contribution in [-0.4, -0.2) is 11.9 Å². The minimum absolute atomic E-state index is 0.000234. The van der Waals surface area contributed by atoms with Gasteiger partial charge >= 0.3 is 0 Å². The van der Waals surface area contributed by atoms with Gasteiger partial charge in [0.1, 0.15) is 0 Å². The second-order valence-corrected chi connectivity index (χ2v) is 6.37. The van der Waals surface area contributed by atoms with Crippen LogP contribution in [0.5, 0.6) is 0 Å². The summed E-state index contributed by atoms with van der Waals surface area (Å²) in [6.45, 7) is 2.29. The van der Waals surface area contributed by atoms with Crippen LogP contribution in [0.25, 0.3) is 0 Å². The molecule has 2 rings (SSSR count). The van der Waals surface area contributed by atoms with E-state index >= 15 is 0 Å². The maximum absolute atomic E-state index is 12.2. The summed E-state index contributed by atoms with van der Waals surface area (Å²) in [6.07, 6.45) is 5.86. The first-order chi connectivity index (χ1) is 9.06. The number of rotatable bonds is 2. The van der Waals surface area contributed by atoms with Gasteiger partial charge in [-0.3, -0.25) is 4.79 Å². The van der Waals surface area contributed by atoms with E-state index in [1.54, 1.807) is 18.2 Å². The van der Waals surface area contributed by atoms with Crippen molar-refractivity contribution in [3.63, 3.8) is 0 Å². The third-order valence-electron chi connectivity index (χ3n) is 3.86. The van der Waals surface area contributed by atoms with Crippen LogP contribution in [0.1, 0.15) is 49.4 Å². The van der Waals surface area contributed by atoms with Crippen LogP contribution < -0.4 is 11.1 Å². The van der Waals surface area contributed by atoms with Crippen molar-refractivity contribution in [1.82, 2.24) is 5.32 Å². The third kappa shape index (κ3) is 3.96. The monoisotopic (exact) mass is 324 g/mol. The van der Waals surface area contributed by atoms with E-state index in [-0.39, 0.29) is 5.91 Å². The van der Waals surface area contributed by atoms with Crippen molar-refractivity contribution in [2.75, 3.05) is 5.73 Å². The number of nitrogens with one attached hydrogen (secondary N) is 1. The van der Waals surface area contributed by atoms with Crippen molar-refractivity contribution in [3.8, 4) is 0 Å². The van der Waals surface area contributed by atoms with Gasteiger partial charge in [-0.05, 0) is 59.3 Å². The molecule has 1 aromatic rings. The summed E-state index contributed by atoms with van der Waals surface area (Å²) >= 11 is 3.35. The molecule has 1 aromatic carbocycles. The molecule has 0 radical (unpaired) electrons. The fourth-order valence-electron chi connectivity index (χ4n) is 2.57. The molecular weight excluding hydrogens is 304 g/mol. The first kappa shape index (κ1) is 14.4. The van der Waals surface area contributed by atoms with Crippen LogP contribution >= 0.6 is 15.9 Å². The molecule has 3 N–H and O–H groups in total. The van der Waals surface area contributed by atoms with E-state index in [2.05, 4.69) is 28.2 Å². The molecule has 0 aliphatic heterocycles. The summed E-state index contributed by atoms with van der Waals surface area (Å²) in [7, 11) is 0. The van der Waals surface area contributed by atoms with Gasteiger partial charge in [0, 0.05) is 21.8 Å². The number of hydrogen-bond acceptors (Lipinski definition) is 2.